The number of carbonyl (C=O) groups excluding carboxylic acids is 2. The number of carbonyl (C=O) groups is 3. The summed E-state index contributed by atoms with van der Waals surface area (Å²) in [6.07, 6.45) is -1.70. The highest BCUT2D eigenvalue weighted by Crippen LogP contribution is 2.35. The van der Waals surface area contributed by atoms with E-state index in [0.29, 0.717) is 5.02 Å². The summed E-state index contributed by atoms with van der Waals surface area (Å²) in [4.78, 5) is 36.0. The lowest BCUT2D eigenvalue weighted by molar-refractivity contribution is -0.146. The SMILES string of the molecule is CCOC(=O)CC(=O)C1CC(c2cc(Cl)ccc2F)CN1C(=O)O. The molecule has 1 amide bonds. The van der Waals surface area contributed by atoms with Crippen molar-refractivity contribution in [1.82, 2.24) is 4.90 Å². The first kappa shape index (κ1) is 18.2. The molecule has 1 saturated heterocycles. The molecule has 1 aromatic rings. The lowest BCUT2D eigenvalue weighted by Crippen LogP contribution is -2.40. The van der Waals surface area contributed by atoms with Crippen molar-refractivity contribution in [2.45, 2.75) is 31.7 Å². The number of rotatable bonds is 5. The molecular formula is C16H17ClFNO5. The van der Waals surface area contributed by atoms with E-state index >= 15 is 0 Å². The Hall–Kier alpha value is -2.15. The summed E-state index contributed by atoms with van der Waals surface area (Å²) in [5.41, 5.74) is 0.264. The van der Waals surface area contributed by atoms with Crippen molar-refractivity contribution in [3.63, 3.8) is 0 Å². The lowest BCUT2D eigenvalue weighted by atomic mass is 9.94. The number of nitrogens with zero attached hydrogens (tertiary/aromatic N) is 1. The maximum absolute atomic E-state index is 14.0. The summed E-state index contributed by atoms with van der Waals surface area (Å²) in [5.74, 6) is -2.27. The van der Waals surface area contributed by atoms with Crippen LogP contribution >= 0.6 is 11.6 Å². The summed E-state index contributed by atoms with van der Waals surface area (Å²) in [6.45, 7) is 1.71. The van der Waals surface area contributed by atoms with Crippen molar-refractivity contribution < 1.29 is 28.6 Å². The molecule has 2 unspecified atom stereocenters. The zero-order valence-corrected chi connectivity index (χ0v) is 13.8. The normalized spacial score (nSPS) is 20.0. The van der Waals surface area contributed by atoms with E-state index in [1.165, 1.54) is 18.2 Å². The van der Waals surface area contributed by atoms with E-state index in [9.17, 15) is 23.9 Å². The number of ether oxygens (including phenoxy) is 1. The van der Waals surface area contributed by atoms with Crippen LogP contribution < -0.4 is 0 Å². The molecule has 0 radical (unpaired) electrons. The molecule has 1 N–H and O–H groups in total. The number of hydrogen-bond donors (Lipinski definition) is 1. The molecule has 130 valence electrons. The number of halogens is 2. The van der Waals surface area contributed by atoms with Gasteiger partial charge in [0.15, 0.2) is 5.78 Å². The zero-order chi connectivity index (χ0) is 17.9. The standard InChI is InChI=1S/C16H17ClFNO5/c1-2-24-15(21)7-14(20)13-5-9(8-19(13)16(22)23)11-6-10(17)3-4-12(11)18/h3-4,6,9,13H,2,5,7-8H2,1H3,(H,22,23). The highest BCUT2D eigenvalue weighted by Gasteiger charge is 2.41. The maximum atomic E-state index is 14.0. The van der Waals surface area contributed by atoms with Gasteiger partial charge in [-0.3, -0.25) is 14.5 Å². The largest absolute Gasteiger partial charge is 0.466 e. The Kier molecular flexibility index (Phi) is 5.77. The number of Topliss-reactive ketones (excluding diaryl/α,β-unsaturated/α-hetero) is 1. The van der Waals surface area contributed by atoms with E-state index in [0.717, 1.165) is 4.90 Å². The van der Waals surface area contributed by atoms with Crippen molar-refractivity contribution in [3.05, 3.63) is 34.6 Å². The van der Waals surface area contributed by atoms with Crippen molar-refractivity contribution in [1.29, 1.82) is 0 Å². The van der Waals surface area contributed by atoms with Crippen LogP contribution in [0.4, 0.5) is 9.18 Å². The number of benzene rings is 1. The van der Waals surface area contributed by atoms with Gasteiger partial charge in [0.25, 0.3) is 0 Å². The molecule has 1 aromatic carbocycles. The van der Waals surface area contributed by atoms with Crippen LogP contribution in [0, 0.1) is 5.82 Å². The van der Waals surface area contributed by atoms with Gasteiger partial charge in [-0.2, -0.15) is 0 Å². The van der Waals surface area contributed by atoms with E-state index in [2.05, 4.69) is 0 Å². The molecule has 24 heavy (non-hydrogen) atoms. The monoisotopic (exact) mass is 357 g/mol. The van der Waals surface area contributed by atoms with Crippen LogP contribution in [0.15, 0.2) is 18.2 Å². The van der Waals surface area contributed by atoms with Crippen molar-refractivity contribution >= 4 is 29.4 Å². The molecule has 1 aliphatic heterocycles. The topological polar surface area (TPSA) is 83.9 Å². The molecule has 0 saturated carbocycles. The Morgan fingerprint density at radius 3 is 2.75 bits per heavy atom. The third-order valence-electron chi connectivity index (χ3n) is 3.94. The molecule has 6 nitrogen and oxygen atoms in total. The van der Waals surface area contributed by atoms with E-state index < -0.39 is 42.0 Å². The van der Waals surface area contributed by atoms with Crippen LogP contribution in [0.25, 0.3) is 0 Å². The van der Waals surface area contributed by atoms with E-state index in [1.54, 1.807) is 6.92 Å². The zero-order valence-electron chi connectivity index (χ0n) is 13.0. The predicted octanol–water partition coefficient (Wildman–Crippen LogP) is 2.84. The van der Waals surface area contributed by atoms with Gasteiger partial charge < -0.3 is 9.84 Å². The van der Waals surface area contributed by atoms with Crippen molar-refractivity contribution in [2.75, 3.05) is 13.2 Å². The Bertz CT molecular complexity index is 666. The Balaban J connectivity index is 2.19. The molecule has 1 aliphatic rings. The number of hydrogen-bond acceptors (Lipinski definition) is 4. The average Bonchev–Trinajstić information content (AvgIpc) is 2.95. The van der Waals surface area contributed by atoms with Gasteiger partial charge in [-0.25, -0.2) is 9.18 Å². The fraction of sp³-hybridized carbons (Fsp3) is 0.438. The molecule has 2 atom stereocenters. The number of ketones is 1. The minimum atomic E-state index is -1.29. The first-order valence-electron chi connectivity index (χ1n) is 7.46. The van der Waals surface area contributed by atoms with Gasteiger partial charge in [0.1, 0.15) is 12.2 Å². The molecule has 1 heterocycles. The molecule has 8 heteroatoms. The predicted molar refractivity (Wildman–Crippen MR) is 83.5 cm³/mol. The second-order valence-corrected chi connectivity index (χ2v) is 5.93. The smallest absolute Gasteiger partial charge is 0.407 e. The van der Waals surface area contributed by atoms with Crippen molar-refractivity contribution in [2.24, 2.45) is 0 Å². The highest BCUT2D eigenvalue weighted by molar-refractivity contribution is 6.30. The summed E-state index contributed by atoms with van der Waals surface area (Å²) in [7, 11) is 0. The van der Waals surface area contributed by atoms with Gasteiger partial charge in [0.05, 0.1) is 12.6 Å². The Morgan fingerprint density at radius 2 is 2.12 bits per heavy atom. The second-order valence-electron chi connectivity index (χ2n) is 5.50. The van der Waals surface area contributed by atoms with Gasteiger partial charge in [0.2, 0.25) is 0 Å². The maximum Gasteiger partial charge on any atom is 0.407 e. The van der Waals surface area contributed by atoms with Gasteiger partial charge in [-0.05, 0) is 37.1 Å². The molecule has 0 aliphatic carbocycles. The molecule has 0 bridgehead atoms. The summed E-state index contributed by atoms with van der Waals surface area (Å²) in [6, 6.07) is 3.03. The van der Waals surface area contributed by atoms with Crippen LogP contribution in [0.2, 0.25) is 5.02 Å². The molecule has 1 fully saturated rings. The second kappa shape index (κ2) is 7.61. The fourth-order valence-corrected chi connectivity index (χ4v) is 3.06. The third-order valence-corrected chi connectivity index (χ3v) is 4.18. The van der Waals surface area contributed by atoms with Crippen LogP contribution in [0.5, 0.6) is 0 Å². The Morgan fingerprint density at radius 1 is 1.42 bits per heavy atom. The summed E-state index contributed by atoms with van der Waals surface area (Å²) >= 11 is 5.87. The minimum absolute atomic E-state index is 0.0359. The van der Waals surface area contributed by atoms with E-state index in [-0.39, 0.29) is 25.1 Å². The summed E-state index contributed by atoms with van der Waals surface area (Å²) in [5, 5.41) is 9.62. The molecule has 2 rings (SSSR count). The molecule has 0 aromatic heterocycles. The lowest BCUT2D eigenvalue weighted by Gasteiger charge is -2.19. The van der Waals surface area contributed by atoms with Gasteiger partial charge in [-0.1, -0.05) is 11.6 Å². The van der Waals surface area contributed by atoms with Crippen LogP contribution in [0.3, 0.4) is 0 Å². The number of likely N-dealkylation sites (tertiary alicyclic amines) is 1. The average molecular weight is 358 g/mol. The Labute approximate surface area is 143 Å². The minimum Gasteiger partial charge on any atom is -0.466 e. The number of carboxylic acid groups (broad SMARTS) is 1. The molecular weight excluding hydrogens is 341 g/mol. The summed E-state index contributed by atoms with van der Waals surface area (Å²) < 4.78 is 18.7. The van der Waals surface area contributed by atoms with E-state index in [1.807, 2.05) is 0 Å². The first-order valence-corrected chi connectivity index (χ1v) is 7.84. The fourth-order valence-electron chi connectivity index (χ4n) is 2.88. The van der Waals surface area contributed by atoms with Crippen molar-refractivity contribution in [3.8, 4) is 0 Å². The van der Waals surface area contributed by atoms with Crippen LogP contribution in [0.1, 0.15) is 31.2 Å². The highest BCUT2D eigenvalue weighted by atomic mass is 35.5. The molecule has 0 spiro atoms. The van der Waals surface area contributed by atoms with Gasteiger partial charge in [0, 0.05) is 17.5 Å². The number of esters is 1. The van der Waals surface area contributed by atoms with Crippen LogP contribution in [-0.4, -0.2) is 47.0 Å². The van der Waals surface area contributed by atoms with Gasteiger partial charge >= 0.3 is 12.1 Å². The van der Waals surface area contributed by atoms with Crippen LogP contribution in [-0.2, 0) is 14.3 Å². The van der Waals surface area contributed by atoms with E-state index in [4.69, 9.17) is 16.3 Å². The third kappa shape index (κ3) is 4.03. The first-order chi connectivity index (χ1) is 11.3. The number of amides is 1. The quantitative estimate of drug-likeness (QED) is 0.647. The van der Waals surface area contributed by atoms with Gasteiger partial charge in [-0.15, -0.1) is 0 Å².